The van der Waals surface area contributed by atoms with E-state index < -0.39 is 0 Å². The molecule has 5 heteroatoms. The second-order valence-corrected chi connectivity index (χ2v) is 6.12. The lowest BCUT2D eigenvalue weighted by atomic mass is 9.93. The van der Waals surface area contributed by atoms with E-state index in [0.29, 0.717) is 18.2 Å². The Morgan fingerprint density at radius 3 is 2.47 bits per heavy atom. The molecule has 0 atom stereocenters. The van der Waals surface area contributed by atoms with Crippen LogP contribution in [0, 0.1) is 6.92 Å². The third-order valence-corrected chi connectivity index (χ3v) is 4.48. The second-order valence-electron chi connectivity index (χ2n) is 5.74. The number of halogens is 1. The van der Waals surface area contributed by atoms with E-state index in [0.717, 1.165) is 24.2 Å². The van der Waals surface area contributed by atoms with Crippen LogP contribution in [0.25, 0.3) is 0 Å². The topological polar surface area (TPSA) is 53.1 Å². The van der Waals surface area contributed by atoms with Gasteiger partial charge in [0.25, 0.3) is 0 Å². The number of nitrogens with zero attached hydrogens (tertiary/aromatic N) is 2. The largest absolute Gasteiger partial charge is 0.373 e. The minimum Gasteiger partial charge on any atom is -0.373 e. The summed E-state index contributed by atoms with van der Waals surface area (Å²) in [5.74, 6) is 0. The van der Waals surface area contributed by atoms with Gasteiger partial charge in [-0.15, -0.1) is 0 Å². The van der Waals surface area contributed by atoms with E-state index in [1.165, 1.54) is 25.7 Å². The van der Waals surface area contributed by atoms with Crippen molar-refractivity contribution in [2.45, 2.75) is 57.6 Å². The lowest BCUT2D eigenvalue weighted by Gasteiger charge is -2.27. The maximum Gasteiger partial charge on any atom is 0.0900 e. The average molecular weight is 286 g/mol. The van der Waals surface area contributed by atoms with Gasteiger partial charge in [0, 0.05) is 12.6 Å². The monoisotopic (exact) mass is 285 g/mol. The Labute approximate surface area is 120 Å². The highest BCUT2D eigenvalue weighted by atomic mass is 35.5. The van der Waals surface area contributed by atoms with Crippen LogP contribution in [0.4, 0.5) is 0 Å². The van der Waals surface area contributed by atoms with Gasteiger partial charge in [0.15, 0.2) is 0 Å². The molecule has 0 bridgehead atoms. The van der Waals surface area contributed by atoms with Crippen LogP contribution in [0.1, 0.15) is 49.9 Å². The average Bonchev–Trinajstić information content (AvgIpc) is 2.56. The first-order chi connectivity index (χ1) is 9.02. The molecule has 0 aliphatic heterocycles. The van der Waals surface area contributed by atoms with Crippen LogP contribution in [0.15, 0.2) is 0 Å². The normalized spacial score (nSPS) is 19.4. The minimum atomic E-state index is -0.156. The van der Waals surface area contributed by atoms with E-state index in [-0.39, 0.29) is 5.54 Å². The van der Waals surface area contributed by atoms with Crippen molar-refractivity contribution in [2.75, 3.05) is 6.61 Å². The predicted octanol–water partition coefficient (Wildman–Crippen LogP) is 2.95. The molecule has 1 heterocycles. The first kappa shape index (κ1) is 14.8. The highest BCUT2D eigenvalue weighted by molar-refractivity contribution is 6.31. The Kier molecular flexibility index (Phi) is 4.87. The van der Waals surface area contributed by atoms with Crippen molar-refractivity contribution in [1.82, 2.24) is 9.78 Å². The minimum absolute atomic E-state index is 0.156. The van der Waals surface area contributed by atoms with Crippen LogP contribution in [0.3, 0.4) is 0 Å². The Hall–Kier alpha value is -0.580. The summed E-state index contributed by atoms with van der Waals surface area (Å²) in [5.41, 5.74) is 8.04. The maximum absolute atomic E-state index is 6.42. The molecule has 0 saturated heterocycles. The van der Waals surface area contributed by atoms with E-state index in [4.69, 9.17) is 22.1 Å². The number of nitrogens with two attached hydrogens (primary N) is 1. The Morgan fingerprint density at radius 2 is 1.95 bits per heavy atom. The Bertz CT molecular complexity index is 423. The summed E-state index contributed by atoms with van der Waals surface area (Å²) in [4.78, 5) is 0. The zero-order valence-electron chi connectivity index (χ0n) is 11.9. The maximum atomic E-state index is 6.42. The zero-order chi connectivity index (χ0) is 13.9. The highest BCUT2D eigenvalue weighted by Gasteiger charge is 2.26. The number of hydrogen-bond acceptors (Lipinski definition) is 3. The van der Waals surface area contributed by atoms with Gasteiger partial charge < -0.3 is 10.5 Å². The number of aromatic nitrogens is 2. The molecule has 1 fully saturated rings. The van der Waals surface area contributed by atoms with E-state index in [1.807, 2.05) is 14.0 Å². The fraction of sp³-hybridized carbons (Fsp3) is 0.786. The molecule has 108 valence electrons. The number of ether oxygens (including phenoxy) is 1. The molecule has 0 aromatic carbocycles. The van der Waals surface area contributed by atoms with Crippen molar-refractivity contribution in [3.05, 3.63) is 16.4 Å². The zero-order valence-corrected chi connectivity index (χ0v) is 12.7. The van der Waals surface area contributed by atoms with Crippen molar-refractivity contribution < 1.29 is 4.74 Å². The van der Waals surface area contributed by atoms with E-state index in [1.54, 1.807) is 4.68 Å². The van der Waals surface area contributed by atoms with Crippen molar-refractivity contribution >= 4 is 11.6 Å². The Morgan fingerprint density at radius 1 is 1.32 bits per heavy atom. The molecular weight excluding hydrogens is 262 g/mol. The molecule has 1 aliphatic rings. The van der Waals surface area contributed by atoms with E-state index in [9.17, 15) is 0 Å². The lowest BCUT2D eigenvalue weighted by molar-refractivity contribution is 0.0633. The fourth-order valence-electron chi connectivity index (χ4n) is 2.76. The highest BCUT2D eigenvalue weighted by Crippen LogP contribution is 2.26. The van der Waals surface area contributed by atoms with Crippen molar-refractivity contribution in [3.8, 4) is 0 Å². The van der Waals surface area contributed by atoms with Gasteiger partial charge in [0.2, 0.25) is 0 Å². The number of rotatable bonds is 4. The molecule has 0 radical (unpaired) electrons. The van der Waals surface area contributed by atoms with Crippen LogP contribution in [0.5, 0.6) is 0 Å². The predicted molar refractivity (Wildman–Crippen MR) is 77.2 cm³/mol. The molecule has 4 nitrogen and oxygen atoms in total. The summed E-state index contributed by atoms with van der Waals surface area (Å²) in [6, 6.07) is 0. The molecule has 1 saturated carbocycles. The Balaban J connectivity index is 1.88. The summed E-state index contributed by atoms with van der Waals surface area (Å²) in [6.45, 7) is 2.99. The third-order valence-electron chi connectivity index (χ3n) is 3.99. The first-order valence-corrected chi connectivity index (χ1v) is 7.44. The summed E-state index contributed by atoms with van der Waals surface area (Å²) in [6.07, 6.45) is 7.14. The summed E-state index contributed by atoms with van der Waals surface area (Å²) < 4.78 is 7.61. The van der Waals surface area contributed by atoms with Gasteiger partial charge in [-0.1, -0.05) is 37.3 Å². The molecule has 2 N–H and O–H groups in total. The van der Waals surface area contributed by atoms with Gasteiger partial charge in [-0.3, -0.25) is 4.68 Å². The summed E-state index contributed by atoms with van der Waals surface area (Å²) >= 11 is 6.20. The van der Waals surface area contributed by atoms with Crippen molar-refractivity contribution in [1.29, 1.82) is 0 Å². The van der Waals surface area contributed by atoms with E-state index >= 15 is 0 Å². The lowest BCUT2D eigenvalue weighted by Crippen LogP contribution is -2.44. The van der Waals surface area contributed by atoms with Gasteiger partial charge in [0.1, 0.15) is 0 Å². The molecule has 2 rings (SSSR count). The van der Waals surface area contributed by atoms with E-state index in [2.05, 4.69) is 5.10 Å². The molecule has 1 aromatic rings. The standard InChI is InChI=1S/C14H24ClN3O/c1-11-13(15)12(18(2)17-11)9-19-10-14(16)7-5-3-4-6-8-14/h3-10,16H2,1-2H3. The van der Waals surface area contributed by atoms with Gasteiger partial charge in [0.05, 0.1) is 29.6 Å². The van der Waals surface area contributed by atoms with Gasteiger partial charge in [-0.2, -0.15) is 5.10 Å². The molecule has 0 unspecified atom stereocenters. The molecule has 1 aromatic heterocycles. The third kappa shape index (κ3) is 3.71. The molecule has 0 amide bonds. The smallest absolute Gasteiger partial charge is 0.0900 e. The second kappa shape index (κ2) is 6.25. The van der Waals surface area contributed by atoms with Crippen LogP contribution in [-0.2, 0) is 18.4 Å². The quantitative estimate of drug-likeness (QED) is 0.866. The summed E-state index contributed by atoms with van der Waals surface area (Å²) in [7, 11) is 1.89. The van der Waals surface area contributed by atoms with Gasteiger partial charge in [-0.05, 0) is 19.8 Å². The van der Waals surface area contributed by atoms with Crippen molar-refractivity contribution in [3.63, 3.8) is 0 Å². The molecule has 19 heavy (non-hydrogen) atoms. The van der Waals surface area contributed by atoms with Crippen molar-refractivity contribution in [2.24, 2.45) is 12.8 Å². The molecular formula is C14H24ClN3O. The number of aryl methyl sites for hydroxylation is 2. The fourth-order valence-corrected chi connectivity index (χ4v) is 2.98. The molecule has 1 aliphatic carbocycles. The van der Waals surface area contributed by atoms with Gasteiger partial charge >= 0.3 is 0 Å². The van der Waals surface area contributed by atoms with Gasteiger partial charge in [-0.25, -0.2) is 0 Å². The van der Waals surface area contributed by atoms with Crippen LogP contribution < -0.4 is 5.73 Å². The van der Waals surface area contributed by atoms with Crippen LogP contribution >= 0.6 is 11.6 Å². The SMILES string of the molecule is Cc1nn(C)c(COCC2(N)CCCCCC2)c1Cl. The van der Waals surface area contributed by atoms with Crippen LogP contribution in [0.2, 0.25) is 5.02 Å². The number of hydrogen-bond donors (Lipinski definition) is 1. The van der Waals surface area contributed by atoms with Crippen LogP contribution in [-0.4, -0.2) is 21.9 Å². The first-order valence-electron chi connectivity index (χ1n) is 7.06. The summed E-state index contributed by atoms with van der Waals surface area (Å²) in [5, 5.41) is 4.99. The molecule has 0 spiro atoms.